The van der Waals surface area contributed by atoms with Crippen LogP contribution in [0.4, 0.5) is 11.5 Å². The van der Waals surface area contributed by atoms with Crippen molar-refractivity contribution in [3.05, 3.63) is 47.1 Å². The Kier molecular flexibility index (Phi) is 7.69. The molecular weight excluding hydrogens is 436 g/mol. The molecule has 1 atom stereocenters. The zero-order valence-electron chi connectivity index (χ0n) is 14.7. The van der Waals surface area contributed by atoms with Crippen LogP contribution >= 0.6 is 15.9 Å². The lowest BCUT2D eigenvalue weighted by molar-refractivity contribution is 0.462. The summed E-state index contributed by atoms with van der Waals surface area (Å²) in [6.07, 6.45) is 1.62. The summed E-state index contributed by atoms with van der Waals surface area (Å²) in [5, 5.41) is 18.6. The highest BCUT2D eigenvalue weighted by atomic mass is 79.9. The van der Waals surface area contributed by atoms with Crippen molar-refractivity contribution < 1.29 is 18.1 Å². The minimum absolute atomic E-state index is 0.00714. The summed E-state index contributed by atoms with van der Waals surface area (Å²) in [7, 11) is -4.16. The van der Waals surface area contributed by atoms with Crippen LogP contribution in [0, 0.1) is 0 Å². The van der Waals surface area contributed by atoms with Gasteiger partial charge in [-0.3, -0.25) is 4.55 Å². The van der Waals surface area contributed by atoms with E-state index in [1.807, 2.05) is 6.92 Å². The molecule has 2 N–H and O–H groups in total. The minimum Gasteiger partial charge on any atom is -0.506 e. The minimum atomic E-state index is -4.16. The maximum absolute atomic E-state index is 11.2. The first-order valence-electron chi connectivity index (χ1n) is 8.32. The van der Waals surface area contributed by atoms with Crippen LogP contribution in [-0.4, -0.2) is 41.5 Å². The average molecular weight is 457 g/mol. The maximum Gasteiger partial charge on any atom is 0.265 e. The topological polar surface area (TPSA) is 115 Å². The van der Waals surface area contributed by atoms with Gasteiger partial charge in [-0.05, 0) is 46.6 Å². The summed E-state index contributed by atoms with van der Waals surface area (Å²) in [5.74, 6) is -0.0540. The summed E-state index contributed by atoms with van der Waals surface area (Å²) in [6, 6.07) is 10.2. The van der Waals surface area contributed by atoms with Gasteiger partial charge < -0.3 is 10.0 Å². The second-order valence-electron chi connectivity index (χ2n) is 5.79. The molecule has 0 amide bonds. The van der Waals surface area contributed by atoms with Gasteiger partial charge in [0.2, 0.25) is 0 Å². The fourth-order valence-corrected chi connectivity index (χ4v) is 3.20. The zero-order valence-corrected chi connectivity index (χ0v) is 17.1. The zero-order chi connectivity index (χ0) is 19.9. The third kappa shape index (κ3) is 6.89. The molecule has 1 aromatic heterocycles. The molecule has 0 saturated heterocycles. The van der Waals surface area contributed by atoms with Gasteiger partial charge in [0.05, 0.1) is 11.4 Å². The molecule has 8 nitrogen and oxygen atoms in total. The number of hydrogen-bond donors (Lipinski definition) is 2. The molecule has 2 aromatic rings. The van der Waals surface area contributed by atoms with Crippen molar-refractivity contribution in [2.24, 2.45) is 10.2 Å². The molecule has 0 aliphatic carbocycles. The molecule has 10 heteroatoms. The number of halogens is 1. The maximum atomic E-state index is 11.2. The summed E-state index contributed by atoms with van der Waals surface area (Å²) in [6.45, 7) is 2.47. The number of aromatic nitrogens is 1. The number of azo groups is 1. The molecule has 0 aliphatic heterocycles. The van der Waals surface area contributed by atoms with Crippen molar-refractivity contribution in [1.82, 2.24) is 4.98 Å². The Morgan fingerprint density at radius 3 is 2.59 bits per heavy atom. The molecule has 0 saturated carbocycles. The molecule has 0 spiro atoms. The number of benzene rings is 1. The first kappa shape index (κ1) is 21.3. The molecule has 27 heavy (non-hydrogen) atoms. The molecule has 0 fully saturated rings. The molecule has 1 unspecified atom stereocenters. The summed E-state index contributed by atoms with van der Waals surface area (Å²) in [5.41, 5.74) is 0.516. The SMILES string of the molecule is CCCN(c1ccccc1O)C(CCS(=O)(=O)O)N=Nc1ccc(Br)cn1. The largest absolute Gasteiger partial charge is 0.506 e. The Morgan fingerprint density at radius 1 is 1.26 bits per heavy atom. The Balaban J connectivity index is 2.35. The van der Waals surface area contributed by atoms with Crippen molar-refractivity contribution in [2.45, 2.75) is 25.9 Å². The Hall–Kier alpha value is -2.04. The van der Waals surface area contributed by atoms with Gasteiger partial charge in [-0.2, -0.15) is 13.5 Å². The van der Waals surface area contributed by atoms with E-state index in [4.69, 9.17) is 4.55 Å². The van der Waals surface area contributed by atoms with Gasteiger partial charge in [0, 0.05) is 23.6 Å². The highest BCUT2D eigenvalue weighted by Gasteiger charge is 2.22. The molecule has 0 aliphatic rings. The van der Waals surface area contributed by atoms with E-state index in [1.165, 1.54) is 0 Å². The van der Waals surface area contributed by atoms with Crippen molar-refractivity contribution in [2.75, 3.05) is 17.2 Å². The van der Waals surface area contributed by atoms with E-state index in [-0.39, 0.29) is 12.2 Å². The number of anilines is 1. The van der Waals surface area contributed by atoms with Crippen LogP contribution < -0.4 is 4.90 Å². The predicted octanol–water partition coefficient (Wildman–Crippen LogP) is 4.15. The number of phenolic OH excluding ortho intramolecular Hbond substituents is 1. The fraction of sp³-hybridized carbons (Fsp3) is 0.353. The highest BCUT2D eigenvalue weighted by molar-refractivity contribution is 9.10. The van der Waals surface area contributed by atoms with Crippen LogP contribution in [0.1, 0.15) is 19.8 Å². The lowest BCUT2D eigenvalue weighted by Gasteiger charge is -2.30. The van der Waals surface area contributed by atoms with Gasteiger partial charge in [0.15, 0.2) is 5.82 Å². The van der Waals surface area contributed by atoms with E-state index in [0.29, 0.717) is 18.1 Å². The smallest absolute Gasteiger partial charge is 0.265 e. The van der Waals surface area contributed by atoms with E-state index in [1.54, 1.807) is 47.5 Å². The number of para-hydroxylation sites is 2. The van der Waals surface area contributed by atoms with Crippen LogP contribution in [0.2, 0.25) is 0 Å². The van der Waals surface area contributed by atoms with Crippen molar-refractivity contribution in [1.29, 1.82) is 0 Å². The van der Waals surface area contributed by atoms with Gasteiger partial charge in [0.25, 0.3) is 10.1 Å². The average Bonchev–Trinajstić information content (AvgIpc) is 2.61. The molecule has 1 heterocycles. The van der Waals surface area contributed by atoms with Crippen LogP contribution in [0.5, 0.6) is 5.75 Å². The van der Waals surface area contributed by atoms with E-state index in [9.17, 15) is 13.5 Å². The number of nitrogens with zero attached hydrogens (tertiary/aromatic N) is 4. The lowest BCUT2D eigenvalue weighted by atomic mass is 10.2. The van der Waals surface area contributed by atoms with Gasteiger partial charge in [0.1, 0.15) is 11.9 Å². The molecule has 0 bridgehead atoms. The van der Waals surface area contributed by atoms with Crippen LogP contribution in [0.15, 0.2) is 57.3 Å². The second kappa shape index (κ2) is 9.77. The monoisotopic (exact) mass is 456 g/mol. The number of aromatic hydroxyl groups is 1. The Bertz CT molecular complexity index is 875. The third-order valence-electron chi connectivity index (χ3n) is 3.65. The number of hydrogen-bond acceptors (Lipinski definition) is 7. The van der Waals surface area contributed by atoms with E-state index >= 15 is 0 Å². The number of pyridine rings is 1. The second-order valence-corrected chi connectivity index (χ2v) is 8.28. The van der Waals surface area contributed by atoms with Crippen molar-refractivity contribution in [3.8, 4) is 5.75 Å². The van der Waals surface area contributed by atoms with Crippen molar-refractivity contribution in [3.63, 3.8) is 0 Å². The number of rotatable bonds is 9. The first-order valence-corrected chi connectivity index (χ1v) is 10.7. The predicted molar refractivity (Wildman–Crippen MR) is 107 cm³/mol. The van der Waals surface area contributed by atoms with Gasteiger partial charge in [-0.1, -0.05) is 19.1 Å². The fourth-order valence-electron chi connectivity index (χ4n) is 2.46. The Morgan fingerprint density at radius 2 is 2.00 bits per heavy atom. The van der Waals surface area contributed by atoms with Gasteiger partial charge in [-0.15, -0.1) is 5.11 Å². The normalized spacial score (nSPS) is 13.0. The number of phenols is 1. The molecular formula is C17H21BrN4O4S. The molecule has 0 radical (unpaired) electrons. The summed E-state index contributed by atoms with van der Waals surface area (Å²) < 4.78 is 32.4. The van der Waals surface area contributed by atoms with Crippen LogP contribution in [0.25, 0.3) is 0 Å². The summed E-state index contributed by atoms with van der Waals surface area (Å²) >= 11 is 3.29. The summed E-state index contributed by atoms with van der Waals surface area (Å²) in [4.78, 5) is 5.88. The van der Waals surface area contributed by atoms with E-state index in [2.05, 4.69) is 31.1 Å². The third-order valence-corrected chi connectivity index (χ3v) is 4.88. The highest BCUT2D eigenvalue weighted by Crippen LogP contribution is 2.30. The van der Waals surface area contributed by atoms with Crippen LogP contribution in [0.3, 0.4) is 0 Å². The van der Waals surface area contributed by atoms with Gasteiger partial charge in [-0.25, -0.2) is 4.98 Å². The van der Waals surface area contributed by atoms with E-state index < -0.39 is 22.0 Å². The van der Waals surface area contributed by atoms with Crippen LogP contribution in [-0.2, 0) is 10.1 Å². The van der Waals surface area contributed by atoms with Crippen molar-refractivity contribution >= 4 is 37.6 Å². The standard InChI is InChI=1S/C17H21BrN4O4S/c1-2-10-22(14-5-3-4-6-15(14)23)17(9-11-27(24,25)26)21-20-16-8-7-13(18)12-19-16/h3-8,12,17,23H,2,9-11H2,1H3,(H,24,25,26). The first-order chi connectivity index (χ1) is 12.8. The quantitative estimate of drug-likeness (QED) is 0.432. The lowest BCUT2D eigenvalue weighted by Crippen LogP contribution is -2.36. The molecule has 2 rings (SSSR count). The Labute approximate surface area is 166 Å². The van der Waals surface area contributed by atoms with Gasteiger partial charge >= 0.3 is 0 Å². The molecule has 1 aromatic carbocycles. The van der Waals surface area contributed by atoms with E-state index in [0.717, 1.165) is 10.9 Å². The molecule has 146 valence electrons.